The number of hydrogen-bond donors (Lipinski definition) is 3. The number of carbonyl (C=O) groups is 4. The minimum atomic E-state index is -1.09. The standard InChI is InChI=1S/C22H17ClN4O5S/c1-32-21(31)17-18(11-6-2-4-8-13(11)23)33-22(27-17)26-16(28)10-15-20(30)24-14-9-5-3-7-12(14)19(29)25-15/h2-9,15H,10H2,1H3,(H,24,30)(H,25,29)(H,26,27,28). The van der Waals surface area contributed by atoms with Crippen LogP contribution in [0.1, 0.15) is 27.3 Å². The fourth-order valence-electron chi connectivity index (χ4n) is 3.25. The number of fused-ring (bicyclic) bond motifs is 1. The van der Waals surface area contributed by atoms with Crippen LogP contribution in [-0.4, -0.2) is 41.8 Å². The Kier molecular flexibility index (Phi) is 6.38. The Hall–Kier alpha value is -3.76. The number of nitrogens with one attached hydrogen (secondary N) is 3. The molecular weight excluding hydrogens is 468 g/mol. The number of methoxy groups -OCH3 is 1. The zero-order valence-corrected chi connectivity index (χ0v) is 18.8. The number of nitrogens with zero attached hydrogens (tertiary/aromatic N) is 1. The first-order chi connectivity index (χ1) is 15.9. The molecule has 0 radical (unpaired) electrons. The van der Waals surface area contributed by atoms with Gasteiger partial charge in [0.1, 0.15) is 6.04 Å². The van der Waals surface area contributed by atoms with Gasteiger partial charge < -0.3 is 20.7 Å². The monoisotopic (exact) mass is 484 g/mol. The minimum Gasteiger partial charge on any atom is -0.464 e. The van der Waals surface area contributed by atoms with Gasteiger partial charge in [-0.25, -0.2) is 9.78 Å². The summed E-state index contributed by atoms with van der Waals surface area (Å²) in [5.41, 5.74) is 1.24. The maximum Gasteiger partial charge on any atom is 0.358 e. The predicted octanol–water partition coefficient (Wildman–Crippen LogP) is 3.33. The van der Waals surface area contributed by atoms with Crippen molar-refractivity contribution in [1.82, 2.24) is 10.3 Å². The number of halogens is 1. The molecule has 3 amide bonds. The number of carbonyl (C=O) groups excluding carboxylic acids is 4. The summed E-state index contributed by atoms with van der Waals surface area (Å²) in [6.45, 7) is 0. The molecule has 0 saturated carbocycles. The number of thiazole rings is 1. The van der Waals surface area contributed by atoms with Crippen LogP contribution in [0.2, 0.25) is 5.02 Å². The summed E-state index contributed by atoms with van der Waals surface area (Å²) in [5, 5.41) is 8.31. The summed E-state index contributed by atoms with van der Waals surface area (Å²) in [7, 11) is 1.22. The van der Waals surface area contributed by atoms with Crippen LogP contribution < -0.4 is 16.0 Å². The fraction of sp³-hybridized carbons (Fsp3) is 0.136. The summed E-state index contributed by atoms with van der Waals surface area (Å²) >= 11 is 7.30. The highest BCUT2D eigenvalue weighted by Gasteiger charge is 2.30. The Bertz CT molecular complexity index is 1280. The lowest BCUT2D eigenvalue weighted by molar-refractivity contribution is -0.122. The van der Waals surface area contributed by atoms with Crippen LogP contribution in [0.3, 0.4) is 0 Å². The Morgan fingerprint density at radius 2 is 1.82 bits per heavy atom. The van der Waals surface area contributed by atoms with Crippen LogP contribution in [0, 0.1) is 0 Å². The number of para-hydroxylation sites is 1. The van der Waals surface area contributed by atoms with E-state index in [0.29, 0.717) is 26.7 Å². The van der Waals surface area contributed by atoms with E-state index in [1.54, 1.807) is 48.5 Å². The SMILES string of the molecule is COC(=O)c1nc(NC(=O)CC2NC(=O)c3ccccc3NC2=O)sc1-c1ccccc1Cl. The average molecular weight is 485 g/mol. The zero-order valence-electron chi connectivity index (χ0n) is 17.2. The normalized spacial score (nSPS) is 15.0. The van der Waals surface area contributed by atoms with Crippen molar-refractivity contribution in [2.24, 2.45) is 0 Å². The molecule has 0 fully saturated rings. The first kappa shape index (κ1) is 22.4. The van der Waals surface area contributed by atoms with E-state index in [2.05, 4.69) is 20.9 Å². The summed E-state index contributed by atoms with van der Waals surface area (Å²) in [4.78, 5) is 54.5. The van der Waals surface area contributed by atoms with E-state index < -0.39 is 29.7 Å². The highest BCUT2D eigenvalue weighted by atomic mass is 35.5. The van der Waals surface area contributed by atoms with Crippen molar-refractivity contribution in [3.63, 3.8) is 0 Å². The molecule has 1 aromatic heterocycles. The molecule has 0 bridgehead atoms. The number of benzene rings is 2. The average Bonchev–Trinajstić information content (AvgIpc) is 3.16. The van der Waals surface area contributed by atoms with Crippen molar-refractivity contribution in [2.45, 2.75) is 12.5 Å². The smallest absolute Gasteiger partial charge is 0.358 e. The minimum absolute atomic E-state index is 0.00172. The maximum atomic E-state index is 12.7. The van der Waals surface area contributed by atoms with E-state index in [1.807, 2.05) is 0 Å². The third kappa shape index (κ3) is 4.71. The molecule has 1 atom stereocenters. The number of ether oxygens (including phenoxy) is 1. The molecule has 2 aromatic carbocycles. The molecule has 1 aliphatic rings. The van der Waals surface area contributed by atoms with Gasteiger partial charge in [0.15, 0.2) is 10.8 Å². The zero-order chi connectivity index (χ0) is 23.5. The lowest BCUT2D eigenvalue weighted by Crippen LogP contribution is -2.43. The third-order valence-corrected chi connectivity index (χ3v) is 6.15. The number of aromatic nitrogens is 1. The maximum absolute atomic E-state index is 12.7. The van der Waals surface area contributed by atoms with Gasteiger partial charge in [-0.2, -0.15) is 0 Å². The largest absolute Gasteiger partial charge is 0.464 e. The molecule has 0 spiro atoms. The molecule has 1 aliphatic heterocycles. The Balaban J connectivity index is 1.53. The first-order valence-corrected chi connectivity index (χ1v) is 10.9. The highest BCUT2D eigenvalue weighted by Crippen LogP contribution is 2.37. The van der Waals surface area contributed by atoms with Crippen LogP contribution in [-0.2, 0) is 14.3 Å². The summed E-state index contributed by atoms with van der Waals surface area (Å²) < 4.78 is 4.80. The molecule has 2 heterocycles. The van der Waals surface area contributed by atoms with Gasteiger partial charge in [-0.05, 0) is 18.2 Å². The fourth-order valence-corrected chi connectivity index (χ4v) is 4.54. The van der Waals surface area contributed by atoms with Gasteiger partial charge in [0.2, 0.25) is 11.8 Å². The van der Waals surface area contributed by atoms with Crippen LogP contribution in [0.15, 0.2) is 48.5 Å². The Morgan fingerprint density at radius 1 is 1.12 bits per heavy atom. The predicted molar refractivity (Wildman–Crippen MR) is 123 cm³/mol. The van der Waals surface area contributed by atoms with Crippen molar-refractivity contribution in [2.75, 3.05) is 17.7 Å². The van der Waals surface area contributed by atoms with Crippen LogP contribution in [0.4, 0.5) is 10.8 Å². The highest BCUT2D eigenvalue weighted by molar-refractivity contribution is 7.19. The summed E-state index contributed by atoms with van der Waals surface area (Å²) in [6, 6.07) is 12.4. The second-order valence-corrected chi connectivity index (χ2v) is 8.39. The molecule has 33 heavy (non-hydrogen) atoms. The number of anilines is 2. The number of rotatable bonds is 5. The summed E-state index contributed by atoms with van der Waals surface area (Å²) in [6.07, 6.45) is -0.333. The number of hydrogen-bond acceptors (Lipinski definition) is 7. The molecule has 3 aromatic rings. The molecule has 11 heteroatoms. The van der Waals surface area contributed by atoms with E-state index >= 15 is 0 Å². The molecule has 0 aliphatic carbocycles. The molecule has 1 unspecified atom stereocenters. The van der Waals surface area contributed by atoms with Gasteiger partial charge in [-0.15, -0.1) is 0 Å². The van der Waals surface area contributed by atoms with Gasteiger partial charge in [-0.1, -0.05) is 53.3 Å². The Labute approximate surface area is 197 Å². The van der Waals surface area contributed by atoms with Crippen molar-refractivity contribution < 1.29 is 23.9 Å². The van der Waals surface area contributed by atoms with Gasteiger partial charge in [0.25, 0.3) is 5.91 Å². The van der Waals surface area contributed by atoms with Gasteiger partial charge in [0, 0.05) is 10.6 Å². The van der Waals surface area contributed by atoms with Gasteiger partial charge >= 0.3 is 5.97 Å². The third-order valence-electron chi connectivity index (χ3n) is 4.81. The van der Waals surface area contributed by atoms with E-state index in [1.165, 1.54) is 7.11 Å². The van der Waals surface area contributed by atoms with E-state index in [9.17, 15) is 19.2 Å². The molecule has 0 saturated heterocycles. The number of esters is 1. The van der Waals surface area contributed by atoms with E-state index in [0.717, 1.165) is 11.3 Å². The Morgan fingerprint density at radius 3 is 2.55 bits per heavy atom. The first-order valence-electron chi connectivity index (χ1n) is 9.72. The van der Waals surface area contributed by atoms with Crippen LogP contribution >= 0.6 is 22.9 Å². The van der Waals surface area contributed by atoms with Crippen molar-refractivity contribution in [3.8, 4) is 10.4 Å². The van der Waals surface area contributed by atoms with E-state index in [-0.39, 0.29) is 17.2 Å². The molecular formula is C22H17ClN4O5S. The lowest BCUT2D eigenvalue weighted by atomic mass is 10.1. The van der Waals surface area contributed by atoms with Gasteiger partial charge in [-0.3, -0.25) is 14.4 Å². The van der Waals surface area contributed by atoms with Crippen LogP contribution in [0.25, 0.3) is 10.4 Å². The quantitative estimate of drug-likeness (QED) is 0.477. The van der Waals surface area contributed by atoms with E-state index in [4.69, 9.17) is 16.3 Å². The lowest BCUT2D eigenvalue weighted by Gasteiger charge is -2.13. The number of amides is 3. The van der Waals surface area contributed by atoms with Crippen molar-refractivity contribution >= 4 is 57.4 Å². The van der Waals surface area contributed by atoms with Gasteiger partial charge in [0.05, 0.1) is 29.7 Å². The second-order valence-electron chi connectivity index (χ2n) is 6.98. The summed E-state index contributed by atoms with van der Waals surface area (Å²) in [5.74, 6) is -2.24. The topological polar surface area (TPSA) is 126 Å². The van der Waals surface area contributed by atoms with Crippen molar-refractivity contribution in [1.29, 1.82) is 0 Å². The van der Waals surface area contributed by atoms with Crippen molar-refractivity contribution in [3.05, 3.63) is 64.8 Å². The molecule has 9 nitrogen and oxygen atoms in total. The second kappa shape index (κ2) is 9.39. The molecule has 4 rings (SSSR count). The van der Waals surface area contributed by atoms with Crippen LogP contribution in [0.5, 0.6) is 0 Å². The molecule has 3 N–H and O–H groups in total. The molecule has 168 valence electrons.